The third-order valence-corrected chi connectivity index (χ3v) is 6.89. The molecular formula is C33H30N6O8. The molecule has 0 amide bonds. The zero-order valence-electron chi connectivity index (χ0n) is 25.7. The van der Waals surface area contributed by atoms with Crippen LogP contribution in [0, 0.1) is 13.8 Å². The van der Waals surface area contributed by atoms with E-state index in [0.29, 0.717) is 16.8 Å². The largest absolute Gasteiger partial charge is 0.507 e. The number of aryl methyl sites for hydroxylation is 2. The molecule has 0 aliphatic carbocycles. The van der Waals surface area contributed by atoms with Crippen molar-refractivity contribution in [3.63, 3.8) is 0 Å². The van der Waals surface area contributed by atoms with Gasteiger partial charge in [-0.25, -0.2) is 24.7 Å². The van der Waals surface area contributed by atoms with Gasteiger partial charge in [0.1, 0.15) is 37.4 Å². The monoisotopic (exact) mass is 638 g/mol. The second-order valence-corrected chi connectivity index (χ2v) is 10.0. The predicted molar refractivity (Wildman–Crippen MR) is 170 cm³/mol. The second-order valence-electron chi connectivity index (χ2n) is 10.0. The van der Waals surface area contributed by atoms with Crippen LogP contribution in [0.15, 0.2) is 89.0 Å². The first-order valence-corrected chi connectivity index (χ1v) is 14.4. The smallest absolute Gasteiger partial charge is 0.347 e. The van der Waals surface area contributed by atoms with Gasteiger partial charge in [-0.3, -0.25) is 9.59 Å². The fourth-order valence-electron chi connectivity index (χ4n) is 4.64. The fourth-order valence-corrected chi connectivity index (χ4v) is 4.64. The molecule has 0 atom stereocenters. The molecule has 4 aromatic heterocycles. The maximum atomic E-state index is 12.8. The Bertz CT molecular complexity index is 2170. The first-order valence-electron chi connectivity index (χ1n) is 14.4. The van der Waals surface area contributed by atoms with Crippen LogP contribution < -0.4 is 20.8 Å². The summed E-state index contributed by atoms with van der Waals surface area (Å²) in [5.41, 5.74) is 1.22. The predicted octanol–water partition coefficient (Wildman–Crippen LogP) is 3.05. The SMILES string of the molecule is CCOC(=O)c1c(O)c2c(C)ncnc2n(OCc2ccccc2)c1=O.Cc1ncnc2c1c(O)cc(=O)n2OCc1ccccc1. The number of hydrogen-bond donors (Lipinski definition) is 2. The maximum absolute atomic E-state index is 12.8. The van der Waals surface area contributed by atoms with Crippen LogP contribution in [0.3, 0.4) is 0 Å². The van der Waals surface area contributed by atoms with Crippen molar-refractivity contribution >= 4 is 28.0 Å². The standard InChI is InChI=1S/C18H17N3O5.C15H13N3O3/c1-3-25-18(24)14-15(22)13-11(2)19-10-20-16(13)21(17(14)23)26-9-12-7-5-4-6-8-12;1-10-14-12(19)7-13(20)18(15(14)17-9-16-10)21-8-11-5-3-2-4-6-11/h4-8,10,22H,3,9H2,1-2H3;2-7,9,19H,8H2,1H3. The molecule has 6 rings (SSSR count). The number of benzene rings is 2. The number of carbonyl (C=O) groups is 1. The van der Waals surface area contributed by atoms with Gasteiger partial charge in [0.15, 0.2) is 16.9 Å². The van der Waals surface area contributed by atoms with E-state index in [1.807, 2.05) is 60.7 Å². The number of nitrogens with zero attached hydrogens (tertiary/aromatic N) is 6. The number of pyridine rings is 2. The van der Waals surface area contributed by atoms with Crippen molar-refractivity contribution < 1.29 is 29.4 Å². The number of fused-ring (bicyclic) bond motifs is 2. The molecule has 0 aliphatic rings. The Labute approximate surface area is 267 Å². The van der Waals surface area contributed by atoms with Crippen LogP contribution in [0.25, 0.3) is 22.1 Å². The van der Waals surface area contributed by atoms with Crippen LogP contribution in [-0.4, -0.2) is 52.2 Å². The zero-order chi connectivity index (χ0) is 33.5. The number of hydrogen-bond acceptors (Lipinski definition) is 12. The number of rotatable bonds is 8. The van der Waals surface area contributed by atoms with Crippen LogP contribution in [0.5, 0.6) is 11.5 Å². The van der Waals surface area contributed by atoms with Crippen molar-refractivity contribution in [3.8, 4) is 11.5 Å². The normalized spacial score (nSPS) is 10.7. The lowest BCUT2D eigenvalue weighted by molar-refractivity contribution is 0.0507. The Morgan fingerprint density at radius 1 is 0.745 bits per heavy atom. The van der Waals surface area contributed by atoms with Gasteiger partial charge in [-0.2, -0.15) is 0 Å². The van der Waals surface area contributed by atoms with Gasteiger partial charge in [0.05, 0.1) is 28.8 Å². The highest BCUT2D eigenvalue weighted by atomic mass is 16.7. The highest BCUT2D eigenvalue weighted by Crippen LogP contribution is 2.27. The first-order chi connectivity index (χ1) is 22.7. The number of aromatic hydroxyl groups is 2. The van der Waals surface area contributed by atoms with Crippen molar-refractivity contribution in [2.75, 3.05) is 6.61 Å². The highest BCUT2D eigenvalue weighted by molar-refractivity contribution is 5.99. The summed E-state index contributed by atoms with van der Waals surface area (Å²) in [5.74, 6) is -1.59. The number of aromatic nitrogens is 6. The Morgan fingerprint density at radius 2 is 1.26 bits per heavy atom. The van der Waals surface area contributed by atoms with Crippen LogP contribution >= 0.6 is 0 Å². The molecule has 0 unspecified atom stereocenters. The van der Waals surface area contributed by atoms with Crippen LogP contribution in [0.4, 0.5) is 0 Å². The molecule has 0 bridgehead atoms. The lowest BCUT2D eigenvalue weighted by Gasteiger charge is -2.15. The Balaban J connectivity index is 0.000000189. The van der Waals surface area contributed by atoms with Crippen LogP contribution in [0.2, 0.25) is 0 Å². The summed E-state index contributed by atoms with van der Waals surface area (Å²) >= 11 is 0. The van der Waals surface area contributed by atoms with Crippen LogP contribution in [0.1, 0.15) is 39.8 Å². The van der Waals surface area contributed by atoms with E-state index in [1.54, 1.807) is 20.8 Å². The highest BCUT2D eigenvalue weighted by Gasteiger charge is 2.26. The molecule has 0 fully saturated rings. The molecule has 6 aromatic rings. The van der Waals surface area contributed by atoms with Gasteiger partial charge >= 0.3 is 11.5 Å². The van der Waals surface area contributed by atoms with Crippen molar-refractivity contribution in [2.24, 2.45) is 0 Å². The number of carbonyl (C=O) groups excluding carboxylic acids is 1. The van der Waals surface area contributed by atoms with Gasteiger partial charge in [0, 0.05) is 6.07 Å². The molecule has 2 aromatic carbocycles. The molecule has 0 saturated carbocycles. The molecule has 14 heteroatoms. The van der Waals surface area contributed by atoms with E-state index in [4.69, 9.17) is 14.4 Å². The minimum atomic E-state index is -0.933. The minimum absolute atomic E-state index is 0.0604. The van der Waals surface area contributed by atoms with E-state index in [2.05, 4.69) is 19.9 Å². The average molecular weight is 639 g/mol. The van der Waals surface area contributed by atoms with Crippen molar-refractivity contribution in [1.82, 2.24) is 29.4 Å². The molecule has 2 N–H and O–H groups in total. The Hall–Kier alpha value is -6.31. The van der Waals surface area contributed by atoms with Gasteiger partial charge in [0.2, 0.25) is 0 Å². The topological polar surface area (TPSA) is 181 Å². The van der Waals surface area contributed by atoms with E-state index in [0.717, 1.165) is 26.7 Å². The third-order valence-electron chi connectivity index (χ3n) is 6.89. The summed E-state index contributed by atoms with van der Waals surface area (Å²) in [7, 11) is 0. The van der Waals surface area contributed by atoms with Gasteiger partial charge in [-0.15, -0.1) is 9.46 Å². The lowest BCUT2D eigenvalue weighted by atomic mass is 10.1. The van der Waals surface area contributed by atoms with E-state index in [9.17, 15) is 24.6 Å². The third kappa shape index (κ3) is 6.86. The quantitative estimate of drug-likeness (QED) is 0.233. The molecule has 47 heavy (non-hydrogen) atoms. The molecule has 0 spiro atoms. The van der Waals surface area contributed by atoms with E-state index >= 15 is 0 Å². The maximum Gasteiger partial charge on any atom is 0.347 e. The Morgan fingerprint density at radius 3 is 1.81 bits per heavy atom. The average Bonchev–Trinajstić information content (AvgIpc) is 3.06. The van der Waals surface area contributed by atoms with Crippen LogP contribution in [-0.2, 0) is 18.0 Å². The van der Waals surface area contributed by atoms with E-state index in [1.165, 1.54) is 12.7 Å². The van der Waals surface area contributed by atoms with Gasteiger partial charge < -0.3 is 24.6 Å². The van der Waals surface area contributed by atoms with Crippen molar-refractivity contribution in [2.45, 2.75) is 34.0 Å². The zero-order valence-corrected chi connectivity index (χ0v) is 25.7. The molecule has 240 valence electrons. The number of ether oxygens (including phenoxy) is 1. The summed E-state index contributed by atoms with van der Waals surface area (Å²) in [6.45, 7) is 5.33. The minimum Gasteiger partial charge on any atom is -0.507 e. The summed E-state index contributed by atoms with van der Waals surface area (Å²) in [4.78, 5) is 64.2. The van der Waals surface area contributed by atoms with Gasteiger partial charge in [-0.1, -0.05) is 60.7 Å². The lowest BCUT2D eigenvalue weighted by Crippen LogP contribution is -2.33. The summed E-state index contributed by atoms with van der Waals surface area (Å²) < 4.78 is 6.86. The van der Waals surface area contributed by atoms with E-state index in [-0.39, 0.29) is 42.3 Å². The summed E-state index contributed by atoms with van der Waals surface area (Å²) in [6.07, 6.45) is 2.59. The van der Waals surface area contributed by atoms with Crippen molar-refractivity contribution in [1.29, 1.82) is 0 Å². The molecular weight excluding hydrogens is 608 g/mol. The molecule has 0 radical (unpaired) electrons. The first kappa shape index (κ1) is 32.1. The van der Waals surface area contributed by atoms with Gasteiger partial charge in [-0.05, 0) is 31.9 Å². The van der Waals surface area contributed by atoms with Gasteiger partial charge in [0.25, 0.3) is 5.56 Å². The molecule has 0 aliphatic heterocycles. The van der Waals surface area contributed by atoms with Crippen molar-refractivity contribution in [3.05, 3.63) is 128 Å². The molecule has 14 nitrogen and oxygen atoms in total. The second kappa shape index (κ2) is 14.2. The number of esters is 1. The molecule has 4 heterocycles. The molecule has 0 saturated heterocycles. The Kier molecular flexibility index (Phi) is 9.69. The summed E-state index contributed by atoms with van der Waals surface area (Å²) in [6, 6.07) is 19.8. The van der Waals surface area contributed by atoms with E-state index < -0.39 is 28.4 Å². The fraction of sp³-hybridized carbons (Fsp3) is 0.182. The summed E-state index contributed by atoms with van der Waals surface area (Å²) in [5, 5.41) is 20.9.